The van der Waals surface area contributed by atoms with Crippen LogP contribution in [0.25, 0.3) is 0 Å². The molecule has 0 spiro atoms. The third-order valence-electron chi connectivity index (χ3n) is 5.42. The van der Waals surface area contributed by atoms with Gasteiger partial charge in [-0.05, 0) is 37.1 Å². The minimum Gasteiger partial charge on any atom is -0.459 e. The average Bonchev–Trinajstić information content (AvgIpc) is 3.28. The first kappa shape index (κ1) is 18.8. The molecule has 4 heterocycles. The summed E-state index contributed by atoms with van der Waals surface area (Å²) in [5, 5.41) is 0.627. The lowest BCUT2D eigenvalue weighted by atomic mass is 9.96. The lowest BCUT2D eigenvalue weighted by molar-refractivity contribution is -0.137. The molecule has 2 aliphatic rings. The van der Waals surface area contributed by atoms with E-state index in [-0.39, 0.29) is 17.7 Å². The first-order valence-electron chi connectivity index (χ1n) is 9.60. The maximum Gasteiger partial charge on any atom is 0.289 e. The Labute approximate surface area is 168 Å². The van der Waals surface area contributed by atoms with Crippen molar-refractivity contribution in [2.75, 3.05) is 44.2 Å². The predicted octanol–water partition coefficient (Wildman–Crippen LogP) is 2.53. The molecule has 1 atom stereocenters. The van der Waals surface area contributed by atoms with E-state index in [0.29, 0.717) is 50.1 Å². The van der Waals surface area contributed by atoms with E-state index >= 15 is 0 Å². The fourth-order valence-electron chi connectivity index (χ4n) is 3.93. The lowest BCUT2D eigenvalue weighted by Crippen LogP contribution is -2.53. The minimum atomic E-state index is -0.155. The monoisotopic (exact) mass is 402 g/mol. The summed E-state index contributed by atoms with van der Waals surface area (Å²) in [6, 6.07) is 7.00. The third kappa shape index (κ3) is 3.85. The van der Waals surface area contributed by atoms with E-state index in [1.54, 1.807) is 23.2 Å². The van der Waals surface area contributed by atoms with Gasteiger partial charge >= 0.3 is 0 Å². The van der Waals surface area contributed by atoms with E-state index in [1.807, 2.05) is 17.0 Å². The SMILES string of the molecule is O=C(c1ccco1)N1CCC[C@@H](C(=O)N2CCN(c3ncccc3Cl)CC2)C1. The predicted molar refractivity (Wildman–Crippen MR) is 105 cm³/mol. The quantitative estimate of drug-likeness (QED) is 0.789. The van der Waals surface area contributed by atoms with Gasteiger partial charge in [0.2, 0.25) is 5.91 Å². The van der Waals surface area contributed by atoms with Gasteiger partial charge in [0.25, 0.3) is 5.91 Å². The highest BCUT2D eigenvalue weighted by atomic mass is 35.5. The van der Waals surface area contributed by atoms with Crippen molar-refractivity contribution in [3.05, 3.63) is 47.5 Å². The molecule has 2 aromatic heterocycles. The van der Waals surface area contributed by atoms with E-state index in [2.05, 4.69) is 9.88 Å². The van der Waals surface area contributed by atoms with Crippen molar-refractivity contribution in [3.63, 3.8) is 0 Å². The molecule has 0 bridgehead atoms. The van der Waals surface area contributed by atoms with Gasteiger partial charge in [0.15, 0.2) is 5.76 Å². The Morgan fingerprint density at radius 2 is 1.89 bits per heavy atom. The standard InChI is InChI=1S/C20H23ClN4O3/c21-16-5-1-7-22-18(16)23-9-11-24(12-10-23)19(26)15-4-2-8-25(14-15)20(27)17-6-3-13-28-17/h1,3,5-7,13,15H,2,4,8-12,14H2/t15-/m1/s1. The van der Waals surface area contributed by atoms with Crippen molar-refractivity contribution in [1.82, 2.24) is 14.8 Å². The molecule has 0 unspecified atom stereocenters. The molecule has 2 saturated heterocycles. The largest absolute Gasteiger partial charge is 0.459 e. The molecule has 0 aromatic carbocycles. The van der Waals surface area contributed by atoms with Crippen molar-refractivity contribution in [2.24, 2.45) is 5.92 Å². The summed E-state index contributed by atoms with van der Waals surface area (Å²) in [5.74, 6) is 0.927. The summed E-state index contributed by atoms with van der Waals surface area (Å²) in [7, 11) is 0. The van der Waals surface area contributed by atoms with E-state index < -0.39 is 0 Å². The number of furan rings is 1. The Morgan fingerprint density at radius 1 is 1.07 bits per heavy atom. The zero-order valence-corrected chi connectivity index (χ0v) is 16.3. The molecule has 8 heteroatoms. The molecule has 2 fully saturated rings. The van der Waals surface area contributed by atoms with Gasteiger partial charge in [-0.1, -0.05) is 11.6 Å². The maximum atomic E-state index is 13.0. The molecule has 2 aromatic rings. The molecule has 28 heavy (non-hydrogen) atoms. The number of halogens is 1. The number of piperidine rings is 1. The Bertz CT molecular complexity index is 834. The zero-order valence-electron chi connectivity index (χ0n) is 15.6. The number of likely N-dealkylation sites (tertiary alicyclic amines) is 1. The van der Waals surface area contributed by atoms with Crippen LogP contribution in [0.1, 0.15) is 23.4 Å². The van der Waals surface area contributed by atoms with E-state index in [0.717, 1.165) is 18.7 Å². The van der Waals surface area contributed by atoms with Crippen LogP contribution >= 0.6 is 11.6 Å². The number of pyridine rings is 1. The van der Waals surface area contributed by atoms with Crippen molar-refractivity contribution in [2.45, 2.75) is 12.8 Å². The summed E-state index contributed by atoms with van der Waals surface area (Å²) in [6.45, 7) is 3.77. The van der Waals surface area contributed by atoms with Crippen LogP contribution in [0.2, 0.25) is 5.02 Å². The third-order valence-corrected chi connectivity index (χ3v) is 5.71. The first-order valence-corrected chi connectivity index (χ1v) is 9.98. The summed E-state index contributed by atoms with van der Waals surface area (Å²) in [5.41, 5.74) is 0. The van der Waals surface area contributed by atoms with Crippen LogP contribution in [0.4, 0.5) is 5.82 Å². The molecular formula is C20H23ClN4O3. The molecule has 2 amide bonds. The van der Waals surface area contributed by atoms with Gasteiger partial charge in [-0.2, -0.15) is 0 Å². The zero-order chi connectivity index (χ0) is 19.5. The van der Waals surface area contributed by atoms with E-state index in [9.17, 15) is 9.59 Å². The van der Waals surface area contributed by atoms with Gasteiger partial charge in [0.05, 0.1) is 17.2 Å². The van der Waals surface area contributed by atoms with Crippen molar-refractivity contribution < 1.29 is 14.0 Å². The molecule has 0 N–H and O–H groups in total. The summed E-state index contributed by atoms with van der Waals surface area (Å²) in [6.07, 6.45) is 4.86. The average molecular weight is 403 g/mol. The van der Waals surface area contributed by atoms with Gasteiger partial charge in [0, 0.05) is 45.5 Å². The number of carbonyl (C=O) groups excluding carboxylic acids is 2. The number of carbonyl (C=O) groups is 2. The highest BCUT2D eigenvalue weighted by molar-refractivity contribution is 6.32. The van der Waals surface area contributed by atoms with Crippen LogP contribution in [-0.2, 0) is 4.79 Å². The van der Waals surface area contributed by atoms with Gasteiger partial charge in [-0.15, -0.1) is 0 Å². The van der Waals surface area contributed by atoms with Crippen molar-refractivity contribution in [1.29, 1.82) is 0 Å². The van der Waals surface area contributed by atoms with E-state index in [4.69, 9.17) is 16.0 Å². The summed E-state index contributed by atoms with van der Waals surface area (Å²) >= 11 is 6.24. The van der Waals surface area contributed by atoms with Crippen LogP contribution in [0.5, 0.6) is 0 Å². The second kappa shape index (κ2) is 8.22. The van der Waals surface area contributed by atoms with Gasteiger partial charge in [-0.25, -0.2) is 4.98 Å². The number of hydrogen-bond donors (Lipinski definition) is 0. The van der Waals surface area contributed by atoms with Crippen molar-refractivity contribution in [3.8, 4) is 0 Å². The fourth-order valence-corrected chi connectivity index (χ4v) is 4.17. The lowest BCUT2D eigenvalue weighted by Gasteiger charge is -2.39. The van der Waals surface area contributed by atoms with Gasteiger partial charge in [0.1, 0.15) is 5.82 Å². The van der Waals surface area contributed by atoms with Crippen LogP contribution in [0.15, 0.2) is 41.1 Å². The van der Waals surface area contributed by atoms with Gasteiger partial charge < -0.3 is 19.1 Å². The molecule has 0 saturated carbocycles. The number of aromatic nitrogens is 1. The van der Waals surface area contributed by atoms with Crippen molar-refractivity contribution >= 4 is 29.2 Å². The fraction of sp³-hybridized carbons (Fsp3) is 0.450. The Hall–Kier alpha value is -2.54. The normalized spacial score (nSPS) is 20.3. The highest BCUT2D eigenvalue weighted by Gasteiger charge is 2.33. The Kier molecular flexibility index (Phi) is 5.52. The number of hydrogen-bond acceptors (Lipinski definition) is 5. The summed E-state index contributed by atoms with van der Waals surface area (Å²) in [4.78, 5) is 35.6. The molecule has 7 nitrogen and oxygen atoms in total. The highest BCUT2D eigenvalue weighted by Crippen LogP contribution is 2.25. The molecule has 2 aliphatic heterocycles. The molecule has 0 radical (unpaired) electrons. The minimum absolute atomic E-state index is 0.128. The van der Waals surface area contributed by atoms with Crippen LogP contribution in [0.3, 0.4) is 0 Å². The Balaban J connectivity index is 1.35. The van der Waals surface area contributed by atoms with Crippen LogP contribution in [0, 0.1) is 5.92 Å². The first-order chi connectivity index (χ1) is 13.6. The second-order valence-electron chi connectivity index (χ2n) is 7.19. The molecular weight excluding hydrogens is 380 g/mol. The number of nitrogens with zero attached hydrogens (tertiary/aromatic N) is 4. The van der Waals surface area contributed by atoms with Gasteiger partial charge in [-0.3, -0.25) is 9.59 Å². The number of rotatable bonds is 3. The van der Waals surface area contributed by atoms with E-state index in [1.165, 1.54) is 6.26 Å². The smallest absolute Gasteiger partial charge is 0.289 e. The number of amides is 2. The van der Waals surface area contributed by atoms with Crippen LogP contribution in [-0.4, -0.2) is 65.9 Å². The second-order valence-corrected chi connectivity index (χ2v) is 7.60. The Morgan fingerprint density at radius 3 is 2.61 bits per heavy atom. The van der Waals surface area contributed by atoms with Crippen LogP contribution < -0.4 is 4.90 Å². The summed E-state index contributed by atoms with van der Waals surface area (Å²) < 4.78 is 5.22. The number of piperazine rings is 1. The number of anilines is 1. The molecule has 0 aliphatic carbocycles. The molecule has 148 valence electrons. The topological polar surface area (TPSA) is 69.9 Å². The molecule has 4 rings (SSSR count). The maximum absolute atomic E-state index is 13.0.